The first-order chi connectivity index (χ1) is 16.8. The van der Waals surface area contributed by atoms with Crippen molar-refractivity contribution in [1.29, 1.82) is 0 Å². The maximum atomic E-state index is 14.8. The van der Waals surface area contributed by atoms with E-state index in [4.69, 9.17) is 46.4 Å². The van der Waals surface area contributed by atoms with Crippen LogP contribution < -0.4 is 10.2 Å². The van der Waals surface area contributed by atoms with Gasteiger partial charge < -0.3 is 15.3 Å². The molecule has 36 heavy (non-hydrogen) atoms. The van der Waals surface area contributed by atoms with Crippen molar-refractivity contribution >= 4 is 75.6 Å². The minimum absolute atomic E-state index is 0.0393. The Bertz CT molecular complexity index is 1320. The molecule has 0 aromatic heterocycles. The molecule has 3 aliphatic rings. The van der Waals surface area contributed by atoms with Crippen LogP contribution >= 0.6 is 46.4 Å². The molecule has 2 N–H and O–H groups in total. The average molecular weight is 579 g/mol. The van der Waals surface area contributed by atoms with Crippen LogP contribution in [0.2, 0.25) is 20.1 Å². The molecule has 2 aromatic carbocycles. The number of nitrogens with zero attached hydrogens (tertiary/aromatic N) is 2. The second-order valence-corrected chi connectivity index (χ2v) is 10.8. The number of amides is 2. The number of rotatable bonds is 3. The largest absolute Gasteiger partial charge is 0.481 e. The molecule has 0 radical (unpaired) electrons. The van der Waals surface area contributed by atoms with E-state index in [1.54, 1.807) is 0 Å². The first kappa shape index (κ1) is 25.5. The minimum Gasteiger partial charge on any atom is -0.481 e. The highest BCUT2D eigenvalue weighted by molar-refractivity contribution is 6.44. The quantitative estimate of drug-likeness (QED) is 0.526. The first-order valence-electron chi connectivity index (χ1n) is 10.7. The van der Waals surface area contributed by atoms with Gasteiger partial charge in [0.05, 0.1) is 28.2 Å². The molecule has 3 aliphatic heterocycles. The smallest absolute Gasteiger partial charge is 0.310 e. The molecule has 0 bridgehead atoms. The molecule has 3 heterocycles. The molecule has 4 atom stereocenters. The van der Waals surface area contributed by atoms with Crippen molar-refractivity contribution in [3.05, 3.63) is 56.0 Å². The molecule has 0 aliphatic carbocycles. The molecular formula is C23H17Cl4F2N3O4. The number of nitrogens with one attached hydrogen (secondary N) is 1. The van der Waals surface area contributed by atoms with E-state index >= 15 is 0 Å². The fourth-order valence-corrected chi connectivity index (χ4v) is 6.74. The van der Waals surface area contributed by atoms with Crippen LogP contribution in [0.3, 0.4) is 0 Å². The van der Waals surface area contributed by atoms with Gasteiger partial charge in [-0.3, -0.25) is 19.3 Å². The molecule has 7 nitrogen and oxygen atoms in total. The summed E-state index contributed by atoms with van der Waals surface area (Å²) in [4.78, 5) is 42.4. The van der Waals surface area contributed by atoms with E-state index in [1.165, 1.54) is 37.4 Å². The summed E-state index contributed by atoms with van der Waals surface area (Å²) in [5.41, 5.74) is -1.74. The van der Waals surface area contributed by atoms with E-state index in [0.717, 1.165) is 9.80 Å². The van der Waals surface area contributed by atoms with Gasteiger partial charge in [0, 0.05) is 40.8 Å². The molecule has 2 saturated heterocycles. The van der Waals surface area contributed by atoms with Gasteiger partial charge in [-0.05, 0) is 24.3 Å². The van der Waals surface area contributed by atoms with Gasteiger partial charge in [0.25, 0.3) is 11.8 Å². The van der Waals surface area contributed by atoms with Gasteiger partial charge >= 0.3 is 5.97 Å². The number of hydrogen-bond acceptors (Lipinski definition) is 4. The maximum absolute atomic E-state index is 14.8. The highest BCUT2D eigenvalue weighted by Gasteiger charge is 2.74. The lowest BCUT2D eigenvalue weighted by atomic mass is 9.73. The lowest BCUT2D eigenvalue weighted by Crippen LogP contribution is -2.54. The highest BCUT2D eigenvalue weighted by atomic mass is 35.5. The minimum atomic E-state index is -3.27. The van der Waals surface area contributed by atoms with E-state index in [0.29, 0.717) is 0 Å². The van der Waals surface area contributed by atoms with Crippen molar-refractivity contribution in [3.63, 3.8) is 0 Å². The zero-order valence-corrected chi connectivity index (χ0v) is 21.4. The molecule has 2 aromatic rings. The van der Waals surface area contributed by atoms with E-state index in [-0.39, 0.29) is 37.0 Å². The van der Waals surface area contributed by atoms with Gasteiger partial charge in [0.1, 0.15) is 11.5 Å². The number of fused-ring (bicyclic) bond motifs is 4. The van der Waals surface area contributed by atoms with Crippen molar-refractivity contribution in [2.24, 2.45) is 11.8 Å². The van der Waals surface area contributed by atoms with Gasteiger partial charge in [-0.2, -0.15) is 0 Å². The monoisotopic (exact) mass is 577 g/mol. The number of carboxylic acid groups (broad SMARTS) is 1. The van der Waals surface area contributed by atoms with Crippen molar-refractivity contribution in [1.82, 2.24) is 4.90 Å². The van der Waals surface area contributed by atoms with Crippen molar-refractivity contribution in [2.45, 2.75) is 23.9 Å². The molecule has 2 fully saturated rings. The van der Waals surface area contributed by atoms with E-state index in [2.05, 4.69) is 5.32 Å². The lowest BCUT2D eigenvalue weighted by molar-refractivity contribution is -0.153. The molecule has 13 heteroatoms. The summed E-state index contributed by atoms with van der Waals surface area (Å²) in [6.45, 7) is -0.912. The number of carbonyl (C=O) groups excluding carboxylic acids is 2. The highest BCUT2D eigenvalue weighted by Crippen LogP contribution is 2.61. The Balaban J connectivity index is 1.70. The number of halogens is 6. The summed E-state index contributed by atoms with van der Waals surface area (Å²) in [7, 11) is 1.37. The van der Waals surface area contributed by atoms with Crippen molar-refractivity contribution < 1.29 is 28.3 Å². The Morgan fingerprint density at radius 3 is 2.39 bits per heavy atom. The van der Waals surface area contributed by atoms with Crippen LogP contribution in [0.1, 0.15) is 12.0 Å². The number of carboxylic acids is 1. The first-order valence-corrected chi connectivity index (χ1v) is 12.2. The molecule has 2 amide bonds. The number of alkyl halides is 2. The molecular weight excluding hydrogens is 562 g/mol. The Labute approximate surface area is 223 Å². The zero-order chi connectivity index (χ0) is 26.3. The molecule has 0 saturated carbocycles. The summed E-state index contributed by atoms with van der Waals surface area (Å²) in [5.74, 6) is -9.60. The predicted octanol–water partition coefficient (Wildman–Crippen LogP) is 5.15. The Morgan fingerprint density at radius 1 is 1.14 bits per heavy atom. The fourth-order valence-electron chi connectivity index (χ4n) is 5.85. The molecule has 190 valence electrons. The Kier molecular flexibility index (Phi) is 5.96. The van der Waals surface area contributed by atoms with Crippen LogP contribution in [0, 0.1) is 11.8 Å². The summed E-state index contributed by atoms with van der Waals surface area (Å²) >= 11 is 24.5. The number of aliphatic carboxylic acids is 1. The van der Waals surface area contributed by atoms with E-state index in [9.17, 15) is 28.3 Å². The van der Waals surface area contributed by atoms with Crippen LogP contribution in [0.4, 0.5) is 20.2 Å². The number of anilines is 2. The normalized spacial score (nSPS) is 28.2. The van der Waals surface area contributed by atoms with Gasteiger partial charge in [-0.15, -0.1) is 0 Å². The van der Waals surface area contributed by atoms with Crippen LogP contribution in [0.25, 0.3) is 0 Å². The van der Waals surface area contributed by atoms with E-state index < -0.39 is 60.1 Å². The average Bonchev–Trinajstić information content (AvgIpc) is 3.35. The Hall–Kier alpha value is -2.17. The third-order valence-electron chi connectivity index (χ3n) is 7.19. The third-order valence-corrected chi connectivity index (χ3v) is 8.43. The standard InChI is InChI=1S/C23H17Cl4F2N3O4/c1-31(11-5-9(24)4-10(25)6-11)19(33)15-14-7-22(28,29)8-32(14)23(16(15)20(34)35)12-2-3-13(26)17(27)18(12)30-21(23)36/h2-6,14-16H,7-8H2,1H3,(H,30,36)(H,34,35)/t14-,15+,16-,23?/m1/s1. The SMILES string of the molecule is CN(C(=O)[C@H]1[C@H]2CC(F)(F)CN2C2(C(=O)Nc3c2ccc(Cl)c3Cl)[C@H]1C(=O)O)c1cc(Cl)cc(Cl)c1. The van der Waals surface area contributed by atoms with Crippen LogP contribution in [-0.4, -0.2) is 53.3 Å². The van der Waals surface area contributed by atoms with Gasteiger partial charge in [0.15, 0.2) is 0 Å². The number of carbonyl (C=O) groups is 3. The number of benzene rings is 2. The van der Waals surface area contributed by atoms with Crippen molar-refractivity contribution in [3.8, 4) is 0 Å². The zero-order valence-electron chi connectivity index (χ0n) is 18.4. The number of hydrogen-bond donors (Lipinski definition) is 2. The molecule has 5 rings (SSSR count). The fraction of sp³-hybridized carbons (Fsp3) is 0.348. The third kappa shape index (κ3) is 3.51. The summed E-state index contributed by atoms with van der Waals surface area (Å²) in [6.07, 6.45) is -0.803. The second kappa shape index (κ2) is 8.43. The Morgan fingerprint density at radius 2 is 1.78 bits per heavy atom. The van der Waals surface area contributed by atoms with Crippen LogP contribution in [-0.2, 0) is 19.9 Å². The topological polar surface area (TPSA) is 90.0 Å². The van der Waals surface area contributed by atoms with Gasteiger partial charge in [0.2, 0.25) is 5.91 Å². The maximum Gasteiger partial charge on any atom is 0.310 e. The van der Waals surface area contributed by atoms with Gasteiger partial charge in [-0.25, -0.2) is 8.78 Å². The molecule has 1 spiro atoms. The van der Waals surface area contributed by atoms with Crippen molar-refractivity contribution in [2.75, 3.05) is 23.8 Å². The van der Waals surface area contributed by atoms with E-state index in [1.807, 2.05) is 0 Å². The second-order valence-electron chi connectivity index (χ2n) is 9.13. The summed E-state index contributed by atoms with van der Waals surface area (Å²) in [5, 5.41) is 13.4. The lowest BCUT2D eigenvalue weighted by Gasteiger charge is -2.36. The predicted molar refractivity (Wildman–Crippen MR) is 131 cm³/mol. The molecule has 1 unspecified atom stereocenters. The van der Waals surface area contributed by atoms with Crippen LogP contribution in [0.5, 0.6) is 0 Å². The summed E-state index contributed by atoms with van der Waals surface area (Å²) in [6, 6.07) is 5.82. The van der Waals surface area contributed by atoms with Crippen LogP contribution in [0.15, 0.2) is 30.3 Å². The summed E-state index contributed by atoms with van der Waals surface area (Å²) < 4.78 is 29.6. The van der Waals surface area contributed by atoms with Gasteiger partial charge in [-0.1, -0.05) is 52.5 Å².